The van der Waals surface area contributed by atoms with E-state index in [1.807, 2.05) is 12.1 Å². The van der Waals surface area contributed by atoms with Crippen LogP contribution in [-0.2, 0) is 20.8 Å². The Morgan fingerprint density at radius 1 is 0.667 bits per heavy atom. The average molecular weight is 575 g/mol. The van der Waals surface area contributed by atoms with Crippen LogP contribution in [0.4, 0.5) is 0 Å². The van der Waals surface area contributed by atoms with Gasteiger partial charge in [0.25, 0.3) is 0 Å². The zero-order chi connectivity index (χ0) is 29.4. The first kappa shape index (κ1) is 29.8. The molecule has 3 aromatic carbocycles. The van der Waals surface area contributed by atoms with E-state index >= 15 is 0 Å². The van der Waals surface area contributed by atoms with E-state index < -0.39 is 11.9 Å². The van der Waals surface area contributed by atoms with Gasteiger partial charge in [-0.15, -0.1) is 0 Å². The number of carbonyl (C=O) groups is 2. The first-order valence-electron chi connectivity index (χ1n) is 14.5. The van der Waals surface area contributed by atoms with Crippen molar-refractivity contribution in [3.63, 3.8) is 0 Å². The summed E-state index contributed by atoms with van der Waals surface area (Å²) in [6, 6.07) is 20.4. The van der Waals surface area contributed by atoms with Gasteiger partial charge in [-0.2, -0.15) is 0 Å². The lowest BCUT2D eigenvalue weighted by molar-refractivity contribution is -0.152. The highest BCUT2D eigenvalue weighted by Crippen LogP contribution is 2.35. The van der Waals surface area contributed by atoms with Crippen LogP contribution in [0.3, 0.4) is 0 Å². The van der Waals surface area contributed by atoms with Crippen LogP contribution in [0.15, 0.2) is 72.8 Å². The van der Waals surface area contributed by atoms with E-state index in [4.69, 9.17) is 28.4 Å². The van der Waals surface area contributed by atoms with Gasteiger partial charge in [0.05, 0.1) is 57.4 Å². The van der Waals surface area contributed by atoms with Gasteiger partial charge in [0, 0.05) is 10.8 Å². The van der Waals surface area contributed by atoms with Crippen LogP contribution in [-0.4, -0.2) is 51.6 Å². The topological polar surface area (TPSA) is 89.5 Å². The fourth-order valence-electron chi connectivity index (χ4n) is 4.80. The van der Waals surface area contributed by atoms with Gasteiger partial charge in [0.2, 0.25) is 0 Å². The van der Waals surface area contributed by atoms with E-state index in [1.165, 1.54) is 0 Å². The largest absolute Gasteiger partial charge is 0.494 e. The van der Waals surface area contributed by atoms with Crippen LogP contribution in [0.25, 0.3) is 0 Å². The second-order valence-corrected chi connectivity index (χ2v) is 11.3. The number of hydrogen-bond donors (Lipinski definition) is 0. The molecule has 0 atom stereocenters. The highest BCUT2D eigenvalue weighted by molar-refractivity contribution is 5.92. The van der Waals surface area contributed by atoms with E-state index in [9.17, 15) is 9.59 Å². The summed E-state index contributed by atoms with van der Waals surface area (Å²) in [6.45, 7) is 9.16. The van der Waals surface area contributed by atoms with Gasteiger partial charge in [-0.25, -0.2) is 9.59 Å². The molecule has 8 heteroatoms. The highest BCUT2D eigenvalue weighted by Gasteiger charge is 2.37. The SMILES string of the molecule is CCC1(CCOc2ccc(C(=O)Oc3ccc(OC(=O)c4ccc(COCC5(CC)COC5)cc4)cc3)cc2)COC1. The van der Waals surface area contributed by atoms with E-state index in [2.05, 4.69) is 13.8 Å². The third-order valence-electron chi connectivity index (χ3n) is 8.24. The lowest BCUT2D eigenvalue weighted by Crippen LogP contribution is -2.45. The fourth-order valence-corrected chi connectivity index (χ4v) is 4.80. The Kier molecular flexibility index (Phi) is 9.57. The summed E-state index contributed by atoms with van der Waals surface area (Å²) in [5.41, 5.74) is 2.20. The van der Waals surface area contributed by atoms with Crippen LogP contribution in [0.2, 0.25) is 0 Å². The Morgan fingerprint density at radius 2 is 1.14 bits per heavy atom. The second-order valence-electron chi connectivity index (χ2n) is 11.3. The second kappa shape index (κ2) is 13.5. The standard InChI is InChI=1S/C34H38O8/c1-3-33(20-38-21-33)17-18-40-28-11-9-27(10-12-28)32(36)42-30-15-13-29(14-16-30)41-31(35)26-7-5-25(6-8-26)19-37-22-34(4-2)23-39-24-34/h5-16H,3-4,17-24H2,1-2H3. The van der Waals surface area contributed by atoms with Gasteiger partial charge in [-0.1, -0.05) is 26.0 Å². The molecule has 2 saturated heterocycles. The molecule has 2 aliphatic rings. The first-order valence-corrected chi connectivity index (χ1v) is 14.5. The van der Waals surface area contributed by atoms with Gasteiger partial charge in [0.1, 0.15) is 17.2 Å². The van der Waals surface area contributed by atoms with Gasteiger partial charge in [0.15, 0.2) is 0 Å². The average Bonchev–Trinajstić information content (AvgIpc) is 2.97. The Bertz CT molecular complexity index is 1210. The quantitative estimate of drug-likeness (QED) is 0.165. The number of benzene rings is 3. The van der Waals surface area contributed by atoms with Crippen molar-refractivity contribution in [2.24, 2.45) is 10.8 Å². The predicted molar refractivity (Wildman–Crippen MR) is 156 cm³/mol. The lowest BCUT2D eigenvalue weighted by Gasteiger charge is -2.40. The van der Waals surface area contributed by atoms with Gasteiger partial charge in [-0.05, 0) is 85.5 Å². The normalized spacial score (nSPS) is 16.5. The molecule has 2 fully saturated rings. The molecule has 222 valence electrons. The van der Waals surface area contributed by atoms with Crippen molar-refractivity contribution >= 4 is 11.9 Å². The summed E-state index contributed by atoms with van der Waals surface area (Å²) in [5.74, 6) is 0.432. The molecule has 2 heterocycles. The van der Waals surface area contributed by atoms with Crippen molar-refractivity contribution in [2.75, 3.05) is 39.6 Å². The van der Waals surface area contributed by atoms with Crippen LogP contribution < -0.4 is 14.2 Å². The number of hydrogen-bond acceptors (Lipinski definition) is 8. The number of rotatable bonds is 14. The van der Waals surface area contributed by atoms with E-state index in [0.717, 1.165) is 51.3 Å². The molecule has 0 N–H and O–H groups in total. The maximum absolute atomic E-state index is 12.6. The van der Waals surface area contributed by atoms with Gasteiger partial charge >= 0.3 is 11.9 Å². The molecular formula is C34H38O8. The monoisotopic (exact) mass is 574 g/mol. The van der Waals surface area contributed by atoms with Gasteiger partial charge in [-0.3, -0.25) is 0 Å². The lowest BCUT2D eigenvalue weighted by atomic mass is 9.80. The zero-order valence-corrected chi connectivity index (χ0v) is 24.3. The molecule has 0 spiro atoms. The maximum atomic E-state index is 12.6. The van der Waals surface area contributed by atoms with E-state index in [-0.39, 0.29) is 10.8 Å². The molecule has 8 nitrogen and oxygen atoms in total. The molecule has 0 unspecified atom stereocenters. The predicted octanol–water partition coefficient (Wildman–Crippen LogP) is 6.26. The van der Waals surface area contributed by atoms with Crippen molar-refractivity contribution in [1.29, 1.82) is 0 Å². The molecule has 0 aliphatic carbocycles. The molecular weight excluding hydrogens is 536 g/mol. The summed E-state index contributed by atoms with van der Waals surface area (Å²) < 4.78 is 33.4. The molecule has 0 saturated carbocycles. The first-order chi connectivity index (χ1) is 20.4. The maximum Gasteiger partial charge on any atom is 0.343 e. The molecule has 5 rings (SSSR count). The van der Waals surface area contributed by atoms with Crippen molar-refractivity contribution in [3.05, 3.63) is 89.5 Å². The molecule has 0 bridgehead atoms. The minimum absolute atomic E-state index is 0.141. The Labute approximate surface area is 246 Å². The summed E-state index contributed by atoms with van der Waals surface area (Å²) in [6.07, 6.45) is 3.05. The van der Waals surface area contributed by atoms with Crippen molar-refractivity contribution in [2.45, 2.75) is 39.7 Å². The van der Waals surface area contributed by atoms with Crippen LogP contribution in [0, 0.1) is 10.8 Å². The fraction of sp³-hybridized carbons (Fsp3) is 0.412. The summed E-state index contributed by atoms with van der Waals surface area (Å²) in [7, 11) is 0. The van der Waals surface area contributed by atoms with Gasteiger partial charge < -0.3 is 28.4 Å². The van der Waals surface area contributed by atoms with Crippen LogP contribution >= 0.6 is 0 Å². The van der Waals surface area contributed by atoms with Crippen molar-refractivity contribution in [3.8, 4) is 17.2 Å². The van der Waals surface area contributed by atoms with Crippen molar-refractivity contribution < 1.29 is 38.0 Å². The molecule has 0 aromatic heterocycles. The van der Waals surface area contributed by atoms with Crippen LogP contribution in [0.5, 0.6) is 17.2 Å². The number of esters is 2. The van der Waals surface area contributed by atoms with E-state index in [0.29, 0.717) is 48.2 Å². The smallest absolute Gasteiger partial charge is 0.343 e. The summed E-state index contributed by atoms with van der Waals surface area (Å²) in [5, 5.41) is 0. The zero-order valence-electron chi connectivity index (χ0n) is 24.3. The highest BCUT2D eigenvalue weighted by atomic mass is 16.5. The number of ether oxygens (including phenoxy) is 6. The summed E-state index contributed by atoms with van der Waals surface area (Å²) in [4.78, 5) is 25.2. The molecule has 0 amide bonds. The third kappa shape index (κ3) is 7.37. The van der Waals surface area contributed by atoms with Crippen LogP contribution in [0.1, 0.15) is 59.4 Å². The summed E-state index contributed by atoms with van der Waals surface area (Å²) >= 11 is 0. The Hall–Kier alpha value is -3.72. The third-order valence-corrected chi connectivity index (χ3v) is 8.24. The minimum atomic E-state index is -0.488. The molecule has 0 radical (unpaired) electrons. The van der Waals surface area contributed by atoms with E-state index in [1.54, 1.807) is 60.7 Å². The Balaban J connectivity index is 1.05. The molecule has 3 aromatic rings. The minimum Gasteiger partial charge on any atom is -0.494 e. The molecule has 2 aliphatic heterocycles. The number of carbonyl (C=O) groups excluding carboxylic acids is 2. The Morgan fingerprint density at radius 3 is 1.60 bits per heavy atom. The van der Waals surface area contributed by atoms with Crippen molar-refractivity contribution in [1.82, 2.24) is 0 Å². The molecule has 42 heavy (non-hydrogen) atoms.